The van der Waals surface area contributed by atoms with Crippen LogP contribution in [-0.2, 0) is 9.53 Å². The van der Waals surface area contributed by atoms with Gasteiger partial charge in [0.1, 0.15) is 11.1 Å². The Morgan fingerprint density at radius 2 is 1.78 bits per heavy atom. The zero-order valence-corrected chi connectivity index (χ0v) is 22.6. The van der Waals surface area contributed by atoms with Crippen LogP contribution in [-0.4, -0.2) is 67.2 Å². The van der Waals surface area contributed by atoms with Crippen molar-refractivity contribution in [2.75, 3.05) is 34.4 Å². The van der Waals surface area contributed by atoms with Crippen molar-refractivity contribution < 1.29 is 28.5 Å². The Morgan fingerprint density at radius 3 is 2.27 bits per heavy atom. The number of hydrogen-bond donors (Lipinski definition) is 2. The average molecular weight is 513 g/mol. The van der Waals surface area contributed by atoms with E-state index >= 15 is 0 Å². The second kappa shape index (κ2) is 11.6. The third-order valence-electron chi connectivity index (χ3n) is 6.13. The smallest absolute Gasteiger partial charge is 0.293 e. The number of H-pyrrole nitrogens is 1. The Bertz CT molecular complexity index is 1220. The molecule has 0 amide bonds. The number of hydrogen-bond acceptors (Lipinski definition) is 9. The highest BCUT2D eigenvalue weighted by molar-refractivity contribution is 6.09. The van der Waals surface area contributed by atoms with E-state index in [-0.39, 0.29) is 11.4 Å². The Kier molecular flexibility index (Phi) is 8.75. The van der Waals surface area contributed by atoms with Crippen LogP contribution >= 0.6 is 0 Å². The summed E-state index contributed by atoms with van der Waals surface area (Å²) in [7, 11) is 4.69. The van der Waals surface area contributed by atoms with Crippen LogP contribution in [0.5, 0.6) is 17.2 Å². The van der Waals surface area contributed by atoms with Gasteiger partial charge in [0.2, 0.25) is 5.75 Å². The van der Waals surface area contributed by atoms with Crippen LogP contribution in [0.2, 0.25) is 0 Å². The van der Waals surface area contributed by atoms with Crippen molar-refractivity contribution >= 4 is 23.4 Å². The van der Waals surface area contributed by atoms with E-state index in [1.165, 1.54) is 0 Å². The van der Waals surface area contributed by atoms with Gasteiger partial charge in [-0.15, -0.1) is 0 Å². The number of nitrogens with zero attached hydrogens (tertiary/aromatic N) is 2. The van der Waals surface area contributed by atoms with Gasteiger partial charge in [0.05, 0.1) is 38.8 Å². The summed E-state index contributed by atoms with van der Waals surface area (Å²) < 4.78 is 20.8. The van der Waals surface area contributed by atoms with Crippen molar-refractivity contribution in [1.29, 1.82) is 0 Å². The molecule has 1 aliphatic heterocycles. The number of carbonyl (C=O) groups is 2. The standard InChI is InChI=1S/C22H26N4O4.C5H10O2/c1-22(6-5-7-23-12-22)20(27)14-10-24-21-18(14)26-15(11-25-21)13-8-16(28-2)19(30-4)17(9-13)29-3;1-5(2,3)7-4-6/h8-11,23H,5-7,12H2,1-4H3,(H,24,25);4H,1-3H3. The van der Waals surface area contributed by atoms with Crippen LogP contribution in [0.3, 0.4) is 0 Å². The number of fused-ring (bicyclic) bond motifs is 1. The number of methoxy groups -OCH3 is 3. The summed E-state index contributed by atoms with van der Waals surface area (Å²) in [6.07, 6.45) is 5.21. The van der Waals surface area contributed by atoms with Crippen LogP contribution in [0.25, 0.3) is 22.4 Å². The van der Waals surface area contributed by atoms with Crippen molar-refractivity contribution in [3.05, 3.63) is 30.1 Å². The molecule has 10 heteroatoms. The first-order chi connectivity index (χ1) is 17.6. The first kappa shape index (κ1) is 27.9. The second-order valence-electron chi connectivity index (χ2n) is 10.1. The Hall–Kier alpha value is -3.66. The van der Waals surface area contributed by atoms with E-state index in [1.807, 2.05) is 39.8 Å². The van der Waals surface area contributed by atoms with Gasteiger partial charge in [-0.25, -0.2) is 9.97 Å². The van der Waals surface area contributed by atoms with E-state index in [0.29, 0.717) is 52.7 Å². The summed E-state index contributed by atoms with van der Waals surface area (Å²) in [5.41, 5.74) is 2.32. The molecule has 0 spiro atoms. The lowest BCUT2D eigenvalue weighted by molar-refractivity contribution is -0.138. The molecule has 4 rings (SSSR count). The number of benzene rings is 1. The van der Waals surface area contributed by atoms with Crippen molar-refractivity contribution in [3.8, 4) is 28.5 Å². The van der Waals surface area contributed by atoms with E-state index in [0.717, 1.165) is 24.9 Å². The number of ether oxygens (including phenoxy) is 4. The number of carbonyl (C=O) groups excluding carboxylic acids is 2. The molecule has 10 nitrogen and oxygen atoms in total. The maximum Gasteiger partial charge on any atom is 0.293 e. The molecule has 0 bridgehead atoms. The number of Topliss-reactive ketones (excluding diaryl/α,β-unsaturated/α-hetero) is 1. The summed E-state index contributed by atoms with van der Waals surface area (Å²) in [6, 6.07) is 3.63. The van der Waals surface area contributed by atoms with Crippen LogP contribution < -0.4 is 19.5 Å². The van der Waals surface area contributed by atoms with E-state index in [2.05, 4.69) is 20.0 Å². The lowest BCUT2D eigenvalue weighted by Crippen LogP contribution is -2.43. The Morgan fingerprint density at radius 1 is 1.11 bits per heavy atom. The van der Waals surface area contributed by atoms with Crippen LogP contribution in [0.1, 0.15) is 50.9 Å². The fourth-order valence-electron chi connectivity index (χ4n) is 4.15. The van der Waals surface area contributed by atoms with Gasteiger partial charge in [-0.2, -0.15) is 0 Å². The molecule has 1 atom stereocenters. The third kappa shape index (κ3) is 6.37. The molecular formula is C27H36N4O6. The van der Waals surface area contributed by atoms with Crippen molar-refractivity contribution in [2.45, 2.75) is 46.1 Å². The third-order valence-corrected chi connectivity index (χ3v) is 6.13. The van der Waals surface area contributed by atoms with Crippen molar-refractivity contribution in [2.24, 2.45) is 5.41 Å². The van der Waals surface area contributed by atoms with Crippen LogP contribution in [0.15, 0.2) is 24.5 Å². The van der Waals surface area contributed by atoms with Gasteiger partial charge in [0, 0.05) is 23.7 Å². The minimum absolute atomic E-state index is 0.0808. The topological polar surface area (TPSA) is 125 Å². The number of aromatic nitrogens is 3. The van der Waals surface area contributed by atoms with Gasteiger partial charge < -0.3 is 29.2 Å². The molecule has 2 aromatic heterocycles. The minimum atomic E-state index is -0.447. The lowest BCUT2D eigenvalue weighted by Gasteiger charge is -2.32. The minimum Gasteiger partial charge on any atom is -0.493 e. The Balaban J connectivity index is 0.000000479. The Labute approximate surface area is 217 Å². The first-order valence-electron chi connectivity index (χ1n) is 12.1. The van der Waals surface area contributed by atoms with Gasteiger partial charge in [-0.3, -0.25) is 9.59 Å². The average Bonchev–Trinajstić information content (AvgIpc) is 3.30. The monoisotopic (exact) mass is 512 g/mol. The summed E-state index contributed by atoms with van der Waals surface area (Å²) in [6.45, 7) is 9.54. The largest absolute Gasteiger partial charge is 0.493 e. The molecule has 2 N–H and O–H groups in total. The number of ketones is 1. The molecule has 0 radical (unpaired) electrons. The molecule has 37 heavy (non-hydrogen) atoms. The van der Waals surface area contributed by atoms with Gasteiger partial charge >= 0.3 is 0 Å². The highest BCUT2D eigenvalue weighted by atomic mass is 16.5. The zero-order valence-electron chi connectivity index (χ0n) is 22.6. The molecule has 1 unspecified atom stereocenters. The van der Waals surface area contributed by atoms with E-state index in [4.69, 9.17) is 19.2 Å². The van der Waals surface area contributed by atoms with Gasteiger partial charge in [0.15, 0.2) is 22.9 Å². The molecule has 3 aromatic rings. The van der Waals surface area contributed by atoms with Gasteiger partial charge in [-0.1, -0.05) is 6.92 Å². The van der Waals surface area contributed by atoms with E-state index in [1.54, 1.807) is 33.7 Å². The number of aromatic amines is 1. The number of nitrogens with one attached hydrogen (secondary N) is 2. The maximum atomic E-state index is 13.3. The highest BCUT2D eigenvalue weighted by Gasteiger charge is 2.36. The fraction of sp³-hybridized carbons (Fsp3) is 0.481. The summed E-state index contributed by atoms with van der Waals surface area (Å²) in [4.78, 5) is 35.3. The molecule has 1 saturated heterocycles. The first-order valence-corrected chi connectivity index (χ1v) is 12.1. The van der Waals surface area contributed by atoms with Gasteiger partial charge in [0.25, 0.3) is 6.47 Å². The summed E-state index contributed by atoms with van der Waals surface area (Å²) in [5.74, 6) is 1.64. The fourth-order valence-corrected chi connectivity index (χ4v) is 4.15. The predicted octanol–water partition coefficient (Wildman–Crippen LogP) is 4.18. The molecule has 0 saturated carbocycles. The molecule has 1 fully saturated rings. The number of rotatable bonds is 7. The van der Waals surface area contributed by atoms with Crippen LogP contribution in [0.4, 0.5) is 0 Å². The van der Waals surface area contributed by atoms with Gasteiger partial charge in [-0.05, 0) is 52.3 Å². The quantitative estimate of drug-likeness (QED) is 0.354. The van der Waals surface area contributed by atoms with E-state index in [9.17, 15) is 9.59 Å². The summed E-state index contributed by atoms with van der Waals surface area (Å²) >= 11 is 0. The second-order valence-corrected chi connectivity index (χ2v) is 10.1. The van der Waals surface area contributed by atoms with Crippen molar-refractivity contribution in [1.82, 2.24) is 20.3 Å². The SMILES string of the molecule is CC(C)(C)OC=O.COc1cc(-c2cnc3[nH]cc(C(=O)C4(C)CCCNC4)c3n2)cc(OC)c1OC. The molecule has 3 heterocycles. The number of piperidine rings is 1. The molecule has 1 aliphatic rings. The highest BCUT2D eigenvalue weighted by Crippen LogP contribution is 2.41. The summed E-state index contributed by atoms with van der Waals surface area (Å²) in [5, 5.41) is 3.33. The van der Waals surface area contributed by atoms with Crippen molar-refractivity contribution in [3.63, 3.8) is 0 Å². The maximum absolute atomic E-state index is 13.3. The normalized spacial score (nSPS) is 17.4. The molecule has 1 aromatic carbocycles. The predicted molar refractivity (Wildman–Crippen MR) is 140 cm³/mol. The van der Waals surface area contributed by atoms with Crippen LogP contribution in [0, 0.1) is 5.41 Å². The lowest BCUT2D eigenvalue weighted by atomic mass is 9.77. The van der Waals surface area contributed by atoms with E-state index < -0.39 is 5.41 Å². The molecule has 0 aliphatic carbocycles. The molecule has 200 valence electrons. The zero-order chi connectivity index (χ0) is 27.2. The molecular weight excluding hydrogens is 476 g/mol.